The van der Waals surface area contributed by atoms with Crippen LogP contribution in [0.2, 0.25) is 0 Å². The number of rotatable bonds is 4. The molecule has 0 aromatic heterocycles. The van der Waals surface area contributed by atoms with E-state index in [0.29, 0.717) is 11.3 Å². The van der Waals surface area contributed by atoms with Gasteiger partial charge in [-0.2, -0.15) is 8.78 Å². The van der Waals surface area contributed by atoms with Gasteiger partial charge >= 0.3 is 6.61 Å². The zero-order valence-corrected chi connectivity index (χ0v) is 14.1. The molecule has 1 aliphatic rings. The van der Waals surface area contributed by atoms with Crippen molar-refractivity contribution < 1.29 is 22.7 Å². The fourth-order valence-corrected chi connectivity index (χ4v) is 3.51. The minimum atomic E-state index is -2.97. The lowest BCUT2D eigenvalue weighted by Crippen LogP contribution is -2.27. The van der Waals surface area contributed by atoms with Gasteiger partial charge in [0.2, 0.25) is 0 Å². The van der Waals surface area contributed by atoms with Crippen molar-refractivity contribution in [2.24, 2.45) is 0 Å². The number of thiocarbonyl (C=S) groups is 1. The number of hydrogen-bond donors (Lipinski definition) is 0. The molecule has 2 aromatic carbocycles. The largest absolute Gasteiger partial charge is 0.434 e. The van der Waals surface area contributed by atoms with Gasteiger partial charge in [-0.1, -0.05) is 42.2 Å². The average Bonchev–Trinajstić information content (AvgIpc) is 2.84. The Labute approximate surface area is 151 Å². The molecule has 0 unspecified atom stereocenters. The molecular weight excluding hydrogens is 371 g/mol. The zero-order chi connectivity index (χ0) is 18.0. The van der Waals surface area contributed by atoms with Crippen LogP contribution in [0.15, 0.2) is 53.4 Å². The molecule has 1 heterocycles. The van der Waals surface area contributed by atoms with Crippen molar-refractivity contribution in [3.63, 3.8) is 0 Å². The molecule has 3 rings (SSSR count). The minimum Gasteiger partial charge on any atom is -0.434 e. The van der Waals surface area contributed by atoms with Gasteiger partial charge in [0.1, 0.15) is 11.6 Å². The standard InChI is InChI=1S/C17H10F3NO2S2/c18-11-5-7-12(8-6-11)21-15(22)14(25-17(21)24)9-10-3-1-2-4-13(10)23-16(19)20/h1-9,16H. The number of para-hydroxylation sites is 1. The van der Waals surface area contributed by atoms with E-state index in [-0.39, 0.29) is 15.0 Å². The smallest absolute Gasteiger partial charge is 0.387 e. The van der Waals surface area contributed by atoms with Crippen molar-refractivity contribution in [3.05, 3.63) is 64.8 Å². The second-order valence-electron chi connectivity index (χ2n) is 4.91. The summed E-state index contributed by atoms with van der Waals surface area (Å²) in [5.41, 5.74) is 0.770. The van der Waals surface area contributed by atoms with Crippen LogP contribution in [0.4, 0.5) is 18.9 Å². The molecule has 1 aliphatic heterocycles. The normalized spacial score (nSPS) is 16.2. The predicted octanol–water partition coefficient (Wildman–Crippen LogP) is 4.83. The summed E-state index contributed by atoms with van der Waals surface area (Å²) < 4.78 is 42.8. The molecule has 128 valence electrons. The molecule has 0 radical (unpaired) electrons. The minimum absolute atomic E-state index is 0.0375. The Morgan fingerprint density at radius 3 is 2.48 bits per heavy atom. The SMILES string of the molecule is O=C1C(=Cc2ccccc2OC(F)F)SC(=S)N1c1ccc(F)cc1. The number of halogens is 3. The number of benzene rings is 2. The van der Waals surface area contributed by atoms with Gasteiger partial charge in [0.05, 0.1) is 10.6 Å². The van der Waals surface area contributed by atoms with E-state index in [4.69, 9.17) is 12.2 Å². The molecular formula is C17H10F3NO2S2. The molecule has 8 heteroatoms. The predicted molar refractivity (Wildman–Crippen MR) is 95.1 cm³/mol. The van der Waals surface area contributed by atoms with Crippen LogP contribution >= 0.6 is 24.0 Å². The highest BCUT2D eigenvalue weighted by atomic mass is 32.2. The molecule has 0 bridgehead atoms. The van der Waals surface area contributed by atoms with E-state index >= 15 is 0 Å². The molecule has 25 heavy (non-hydrogen) atoms. The number of hydrogen-bond acceptors (Lipinski definition) is 4. The molecule has 0 atom stereocenters. The first-order valence-electron chi connectivity index (χ1n) is 7.03. The third-order valence-electron chi connectivity index (χ3n) is 3.30. The topological polar surface area (TPSA) is 29.5 Å². The van der Waals surface area contributed by atoms with Gasteiger partial charge in [-0.15, -0.1) is 0 Å². The number of carbonyl (C=O) groups is 1. The van der Waals surface area contributed by atoms with Gasteiger partial charge in [0.25, 0.3) is 5.91 Å². The average molecular weight is 381 g/mol. The Balaban J connectivity index is 1.92. The Morgan fingerprint density at radius 2 is 1.80 bits per heavy atom. The van der Waals surface area contributed by atoms with E-state index in [2.05, 4.69) is 4.74 Å². The Hall–Kier alpha value is -2.32. The monoisotopic (exact) mass is 381 g/mol. The van der Waals surface area contributed by atoms with E-state index in [0.717, 1.165) is 11.8 Å². The van der Waals surface area contributed by atoms with Crippen LogP contribution in [-0.4, -0.2) is 16.8 Å². The maximum absolute atomic E-state index is 13.1. The van der Waals surface area contributed by atoms with Crippen molar-refractivity contribution in [1.82, 2.24) is 0 Å². The summed E-state index contributed by atoms with van der Waals surface area (Å²) in [6.45, 7) is -2.97. The van der Waals surface area contributed by atoms with Gasteiger partial charge < -0.3 is 4.74 Å². The van der Waals surface area contributed by atoms with Crippen LogP contribution in [0.3, 0.4) is 0 Å². The highest BCUT2D eigenvalue weighted by molar-refractivity contribution is 8.27. The molecule has 0 spiro atoms. The van der Waals surface area contributed by atoms with E-state index in [1.54, 1.807) is 18.2 Å². The summed E-state index contributed by atoms with van der Waals surface area (Å²) in [6.07, 6.45) is 1.44. The van der Waals surface area contributed by atoms with Crippen molar-refractivity contribution in [2.75, 3.05) is 4.90 Å². The zero-order valence-electron chi connectivity index (χ0n) is 12.5. The first-order chi connectivity index (χ1) is 12.0. The van der Waals surface area contributed by atoms with Crippen LogP contribution in [0.5, 0.6) is 5.75 Å². The summed E-state index contributed by atoms with van der Waals surface area (Å²) in [5.74, 6) is -0.874. The number of amides is 1. The molecule has 0 N–H and O–H groups in total. The van der Waals surface area contributed by atoms with Crippen LogP contribution < -0.4 is 9.64 Å². The highest BCUT2D eigenvalue weighted by Gasteiger charge is 2.33. The molecule has 1 fully saturated rings. The van der Waals surface area contributed by atoms with Crippen molar-refractivity contribution >= 4 is 46.0 Å². The van der Waals surface area contributed by atoms with Gasteiger partial charge in [0.15, 0.2) is 4.32 Å². The van der Waals surface area contributed by atoms with Crippen LogP contribution in [0.1, 0.15) is 5.56 Å². The lowest BCUT2D eigenvalue weighted by molar-refractivity contribution is -0.113. The number of carbonyl (C=O) groups excluding carboxylic acids is 1. The number of thioether (sulfide) groups is 1. The molecule has 1 saturated heterocycles. The lowest BCUT2D eigenvalue weighted by atomic mass is 10.2. The maximum atomic E-state index is 13.1. The van der Waals surface area contributed by atoms with Crippen molar-refractivity contribution in [3.8, 4) is 5.75 Å². The summed E-state index contributed by atoms with van der Waals surface area (Å²) in [6, 6.07) is 11.5. The van der Waals surface area contributed by atoms with Gasteiger partial charge in [-0.05, 0) is 36.4 Å². The highest BCUT2D eigenvalue weighted by Crippen LogP contribution is 2.37. The Kier molecular flexibility index (Phi) is 5.10. The van der Waals surface area contributed by atoms with Gasteiger partial charge in [-0.3, -0.25) is 9.69 Å². The first-order valence-corrected chi connectivity index (χ1v) is 8.25. The van der Waals surface area contributed by atoms with Crippen LogP contribution in [-0.2, 0) is 4.79 Å². The van der Waals surface area contributed by atoms with Crippen LogP contribution in [0.25, 0.3) is 6.08 Å². The molecule has 0 saturated carbocycles. The third-order valence-corrected chi connectivity index (χ3v) is 4.60. The molecule has 0 aliphatic carbocycles. The fourth-order valence-electron chi connectivity index (χ4n) is 2.22. The quantitative estimate of drug-likeness (QED) is 0.560. The van der Waals surface area contributed by atoms with Crippen LogP contribution in [0, 0.1) is 5.82 Å². The number of ether oxygens (including phenoxy) is 1. The Morgan fingerprint density at radius 1 is 1.12 bits per heavy atom. The lowest BCUT2D eigenvalue weighted by Gasteiger charge is -2.14. The number of alkyl halides is 2. The first kappa shape index (κ1) is 17.5. The van der Waals surface area contributed by atoms with Crippen molar-refractivity contribution in [1.29, 1.82) is 0 Å². The second-order valence-corrected chi connectivity index (χ2v) is 6.59. The fraction of sp³-hybridized carbons (Fsp3) is 0.0588. The molecule has 1 amide bonds. The maximum Gasteiger partial charge on any atom is 0.387 e. The molecule has 2 aromatic rings. The number of anilines is 1. The number of nitrogens with zero attached hydrogens (tertiary/aromatic N) is 1. The summed E-state index contributed by atoms with van der Waals surface area (Å²) in [7, 11) is 0. The Bertz CT molecular complexity index is 853. The van der Waals surface area contributed by atoms with Crippen molar-refractivity contribution in [2.45, 2.75) is 6.61 Å². The summed E-state index contributed by atoms with van der Waals surface area (Å²) >= 11 is 6.25. The van der Waals surface area contributed by atoms with Gasteiger partial charge in [-0.25, -0.2) is 4.39 Å². The summed E-state index contributed by atoms with van der Waals surface area (Å²) in [4.78, 5) is 14.1. The van der Waals surface area contributed by atoms with E-state index in [1.807, 2.05) is 0 Å². The van der Waals surface area contributed by atoms with E-state index in [1.165, 1.54) is 41.3 Å². The molecule has 3 nitrogen and oxygen atoms in total. The van der Waals surface area contributed by atoms with Gasteiger partial charge in [0, 0.05) is 5.56 Å². The third kappa shape index (κ3) is 3.85. The van der Waals surface area contributed by atoms with E-state index in [9.17, 15) is 18.0 Å². The summed E-state index contributed by atoms with van der Waals surface area (Å²) in [5, 5.41) is 0. The second kappa shape index (κ2) is 7.28. The van der Waals surface area contributed by atoms with E-state index < -0.39 is 18.3 Å².